The predicted molar refractivity (Wildman–Crippen MR) is 101 cm³/mol. The molecule has 0 aliphatic carbocycles. The summed E-state index contributed by atoms with van der Waals surface area (Å²) in [6.07, 6.45) is 1.62. The van der Waals surface area contributed by atoms with Gasteiger partial charge in [0, 0.05) is 5.02 Å². The zero-order valence-corrected chi connectivity index (χ0v) is 14.9. The van der Waals surface area contributed by atoms with Gasteiger partial charge in [-0.15, -0.1) is 0 Å². The molecule has 1 heterocycles. The first-order valence-corrected chi connectivity index (χ1v) is 8.80. The molecule has 1 N–H and O–H groups in total. The van der Waals surface area contributed by atoms with Gasteiger partial charge in [0.05, 0.1) is 4.91 Å². The van der Waals surface area contributed by atoms with Gasteiger partial charge in [0.1, 0.15) is 12.4 Å². The zero-order valence-electron chi connectivity index (χ0n) is 13.3. The summed E-state index contributed by atoms with van der Waals surface area (Å²) >= 11 is 6.79. The highest BCUT2D eigenvalue weighted by atomic mass is 35.5. The van der Waals surface area contributed by atoms with E-state index in [2.05, 4.69) is 10.5 Å². The summed E-state index contributed by atoms with van der Waals surface area (Å²) in [6.45, 7) is 0.0804. The molecule has 1 aliphatic heterocycles. The Morgan fingerprint density at radius 1 is 1.19 bits per heavy atom. The quantitative estimate of drug-likeness (QED) is 0.579. The monoisotopic (exact) mass is 388 g/mol. The average Bonchev–Trinajstić information content (AvgIpc) is 2.94. The molecular weight excluding hydrogens is 376 g/mol. The second-order valence-corrected chi connectivity index (χ2v) is 6.86. The van der Waals surface area contributed by atoms with Crippen LogP contribution >= 0.6 is 23.4 Å². The van der Waals surface area contributed by atoms with E-state index in [0.717, 1.165) is 17.3 Å². The van der Waals surface area contributed by atoms with E-state index < -0.39 is 11.9 Å². The number of nitroso groups, excluding NO2 is 1. The van der Waals surface area contributed by atoms with Crippen LogP contribution in [0.15, 0.2) is 58.6 Å². The lowest BCUT2D eigenvalue weighted by Crippen LogP contribution is -2.17. The van der Waals surface area contributed by atoms with Crippen molar-refractivity contribution in [3.05, 3.63) is 74.5 Å². The van der Waals surface area contributed by atoms with Crippen LogP contribution in [0.1, 0.15) is 17.2 Å². The third kappa shape index (κ3) is 4.50. The molecule has 1 unspecified atom stereocenters. The number of nitrogens with zero attached hydrogens (tertiary/aromatic N) is 1. The highest BCUT2D eigenvalue weighted by Crippen LogP contribution is 2.27. The van der Waals surface area contributed by atoms with E-state index in [9.17, 15) is 14.5 Å². The molecule has 2 aromatic rings. The van der Waals surface area contributed by atoms with E-state index >= 15 is 0 Å². The van der Waals surface area contributed by atoms with Gasteiger partial charge in [-0.05, 0) is 53.2 Å². The number of halogens is 1. The normalized spacial score (nSPS) is 16.4. The Morgan fingerprint density at radius 3 is 2.58 bits per heavy atom. The first-order chi connectivity index (χ1) is 12.5. The summed E-state index contributed by atoms with van der Waals surface area (Å²) in [7, 11) is 0. The minimum Gasteiger partial charge on any atom is -0.491 e. The number of hydrogen-bond donors (Lipinski definition) is 1. The van der Waals surface area contributed by atoms with Gasteiger partial charge < -0.3 is 4.74 Å². The standard InChI is InChI=1S/C18H13ClN2O4S/c19-13-3-1-2-12(9-13)15(21-24)10-25-14-6-4-11(5-7-14)8-16-17(22)20-18(23)26-16/h1-9,15H,10H2,(H,20,22,23). The van der Waals surface area contributed by atoms with E-state index in [4.69, 9.17) is 16.3 Å². The van der Waals surface area contributed by atoms with Crippen LogP contribution in [0.5, 0.6) is 5.75 Å². The minimum absolute atomic E-state index is 0.0804. The Kier molecular flexibility index (Phi) is 5.70. The van der Waals surface area contributed by atoms with Crippen molar-refractivity contribution in [3.63, 3.8) is 0 Å². The summed E-state index contributed by atoms with van der Waals surface area (Å²) < 4.78 is 5.62. The number of imide groups is 1. The van der Waals surface area contributed by atoms with Gasteiger partial charge in [-0.25, -0.2) is 0 Å². The Hall–Kier alpha value is -2.64. The number of amides is 2. The fourth-order valence-electron chi connectivity index (χ4n) is 2.31. The fraction of sp³-hybridized carbons (Fsp3) is 0.111. The molecule has 1 aliphatic rings. The van der Waals surface area contributed by atoms with Crippen molar-refractivity contribution in [2.45, 2.75) is 6.04 Å². The van der Waals surface area contributed by atoms with Gasteiger partial charge >= 0.3 is 0 Å². The molecule has 2 amide bonds. The summed E-state index contributed by atoms with van der Waals surface area (Å²) in [5, 5.41) is 5.44. The zero-order chi connectivity index (χ0) is 18.5. The lowest BCUT2D eigenvalue weighted by atomic mass is 10.1. The molecule has 0 bridgehead atoms. The molecule has 6 nitrogen and oxygen atoms in total. The number of nitrogens with one attached hydrogen (secondary N) is 1. The number of carbonyl (C=O) groups is 2. The van der Waals surface area contributed by atoms with E-state index in [1.54, 1.807) is 54.6 Å². The van der Waals surface area contributed by atoms with Crippen molar-refractivity contribution in [2.75, 3.05) is 6.61 Å². The summed E-state index contributed by atoms with van der Waals surface area (Å²) in [6, 6.07) is 13.2. The molecular formula is C18H13ClN2O4S. The molecule has 0 radical (unpaired) electrons. The second kappa shape index (κ2) is 8.16. The van der Waals surface area contributed by atoms with Crippen molar-refractivity contribution in [2.24, 2.45) is 5.18 Å². The van der Waals surface area contributed by atoms with Crippen molar-refractivity contribution >= 4 is 40.6 Å². The first-order valence-electron chi connectivity index (χ1n) is 7.61. The van der Waals surface area contributed by atoms with Crippen LogP contribution in [0, 0.1) is 4.91 Å². The van der Waals surface area contributed by atoms with Crippen LogP contribution in [0.4, 0.5) is 4.79 Å². The van der Waals surface area contributed by atoms with Crippen LogP contribution in [-0.2, 0) is 4.79 Å². The number of carbonyl (C=O) groups excluding carboxylic acids is 2. The molecule has 0 saturated carbocycles. The lowest BCUT2D eigenvalue weighted by molar-refractivity contribution is -0.115. The minimum atomic E-state index is -0.667. The van der Waals surface area contributed by atoms with Gasteiger partial charge in [0.25, 0.3) is 11.1 Å². The van der Waals surface area contributed by atoms with Crippen LogP contribution in [-0.4, -0.2) is 17.8 Å². The number of benzene rings is 2. The third-order valence-corrected chi connectivity index (χ3v) is 4.63. The highest BCUT2D eigenvalue weighted by Gasteiger charge is 2.24. The molecule has 1 atom stereocenters. The van der Waals surface area contributed by atoms with Gasteiger partial charge in [-0.2, -0.15) is 4.91 Å². The van der Waals surface area contributed by atoms with Crippen LogP contribution < -0.4 is 10.1 Å². The maximum atomic E-state index is 11.5. The maximum Gasteiger partial charge on any atom is 0.290 e. The number of hydrogen-bond acceptors (Lipinski definition) is 6. The van der Waals surface area contributed by atoms with E-state index in [1.807, 2.05) is 0 Å². The predicted octanol–water partition coefficient (Wildman–Crippen LogP) is 4.55. The van der Waals surface area contributed by atoms with Crippen molar-refractivity contribution in [3.8, 4) is 5.75 Å². The number of rotatable bonds is 6. The van der Waals surface area contributed by atoms with Gasteiger partial charge in [-0.3, -0.25) is 14.9 Å². The van der Waals surface area contributed by atoms with Gasteiger partial charge in [0.15, 0.2) is 6.04 Å². The summed E-state index contributed by atoms with van der Waals surface area (Å²) in [5.41, 5.74) is 1.44. The van der Waals surface area contributed by atoms with Crippen molar-refractivity contribution in [1.82, 2.24) is 5.32 Å². The van der Waals surface area contributed by atoms with E-state index in [0.29, 0.717) is 21.2 Å². The van der Waals surface area contributed by atoms with Gasteiger partial charge in [0.2, 0.25) is 0 Å². The van der Waals surface area contributed by atoms with Gasteiger partial charge in [-0.1, -0.05) is 41.0 Å². The maximum absolute atomic E-state index is 11.5. The molecule has 0 spiro atoms. The Morgan fingerprint density at radius 2 is 1.96 bits per heavy atom. The third-order valence-electron chi connectivity index (χ3n) is 3.59. The molecule has 1 fully saturated rings. The van der Waals surface area contributed by atoms with E-state index in [-0.39, 0.29) is 11.8 Å². The Labute approximate surface area is 158 Å². The molecule has 0 aromatic heterocycles. The summed E-state index contributed by atoms with van der Waals surface area (Å²) in [5.74, 6) is 0.157. The topological polar surface area (TPSA) is 84.8 Å². The molecule has 2 aromatic carbocycles. The average molecular weight is 389 g/mol. The first kappa shape index (κ1) is 18.2. The van der Waals surface area contributed by atoms with E-state index in [1.165, 1.54) is 0 Å². The Bertz CT molecular complexity index is 883. The van der Waals surface area contributed by atoms with Crippen molar-refractivity contribution < 1.29 is 14.3 Å². The number of thioether (sulfide) groups is 1. The summed E-state index contributed by atoms with van der Waals surface area (Å²) in [4.78, 5) is 34.1. The lowest BCUT2D eigenvalue weighted by Gasteiger charge is -2.12. The molecule has 3 rings (SSSR count). The molecule has 1 saturated heterocycles. The molecule has 132 valence electrons. The smallest absolute Gasteiger partial charge is 0.290 e. The number of ether oxygens (including phenoxy) is 1. The second-order valence-electron chi connectivity index (χ2n) is 5.41. The SMILES string of the molecule is O=NC(COc1ccc(C=C2SC(=O)NC2=O)cc1)c1cccc(Cl)c1. The fourth-order valence-corrected chi connectivity index (χ4v) is 3.19. The van der Waals surface area contributed by atoms with Crippen LogP contribution in [0.25, 0.3) is 6.08 Å². The van der Waals surface area contributed by atoms with Crippen LogP contribution in [0.2, 0.25) is 5.02 Å². The highest BCUT2D eigenvalue weighted by molar-refractivity contribution is 8.18. The largest absolute Gasteiger partial charge is 0.491 e. The molecule has 26 heavy (non-hydrogen) atoms. The van der Waals surface area contributed by atoms with Crippen LogP contribution in [0.3, 0.4) is 0 Å². The molecule has 8 heteroatoms. The Balaban J connectivity index is 1.64. The van der Waals surface area contributed by atoms with Crippen molar-refractivity contribution in [1.29, 1.82) is 0 Å².